The summed E-state index contributed by atoms with van der Waals surface area (Å²) in [6.07, 6.45) is 6.94. The Morgan fingerprint density at radius 3 is 3.00 bits per heavy atom. The summed E-state index contributed by atoms with van der Waals surface area (Å²) in [4.78, 5) is 19.4. The summed E-state index contributed by atoms with van der Waals surface area (Å²) in [6.45, 7) is 0.845. The van der Waals surface area contributed by atoms with Gasteiger partial charge in [0.25, 0.3) is 5.91 Å². The van der Waals surface area contributed by atoms with Crippen molar-refractivity contribution in [3.8, 4) is 0 Å². The zero-order valence-electron chi connectivity index (χ0n) is 10.8. The molecule has 0 unspecified atom stereocenters. The molecule has 0 aliphatic heterocycles. The smallest absolute Gasteiger partial charge is 0.251 e. The average molecular weight is 255 g/mol. The fourth-order valence-corrected chi connectivity index (χ4v) is 3.02. The van der Waals surface area contributed by atoms with Gasteiger partial charge in [-0.2, -0.15) is 0 Å². The topological polar surface area (TPSA) is 57.8 Å². The van der Waals surface area contributed by atoms with Crippen LogP contribution in [-0.2, 0) is 0 Å². The molecule has 1 amide bonds. The molecule has 2 aromatic rings. The lowest BCUT2D eigenvalue weighted by Crippen LogP contribution is -2.31. The number of carbonyl (C=O) groups excluding carboxylic acids is 1. The molecule has 4 heteroatoms. The number of nitrogens with zero attached hydrogens (tertiary/aromatic N) is 1. The first-order chi connectivity index (χ1) is 9.27. The molecule has 0 radical (unpaired) electrons. The minimum atomic E-state index is 0.0309. The number of carbonyl (C=O) groups is 1. The Balaban J connectivity index is 1.47. The Kier molecular flexibility index (Phi) is 2.22. The van der Waals surface area contributed by atoms with Gasteiger partial charge in [-0.25, -0.2) is 4.98 Å². The van der Waals surface area contributed by atoms with E-state index in [9.17, 15) is 4.79 Å². The number of imidazole rings is 1. The van der Waals surface area contributed by atoms with Gasteiger partial charge in [0.1, 0.15) is 0 Å². The first-order valence-electron chi connectivity index (χ1n) is 6.98. The van der Waals surface area contributed by atoms with Crippen molar-refractivity contribution in [1.82, 2.24) is 15.3 Å². The van der Waals surface area contributed by atoms with Crippen molar-refractivity contribution >= 4 is 16.9 Å². The molecule has 1 heterocycles. The predicted octanol–water partition coefficient (Wildman–Crippen LogP) is 2.48. The van der Waals surface area contributed by atoms with Crippen LogP contribution in [0.5, 0.6) is 0 Å². The van der Waals surface area contributed by atoms with E-state index in [4.69, 9.17) is 0 Å². The van der Waals surface area contributed by atoms with Crippen molar-refractivity contribution < 1.29 is 4.79 Å². The van der Waals surface area contributed by atoms with Crippen LogP contribution in [0.4, 0.5) is 0 Å². The molecule has 2 aliphatic rings. The molecule has 98 valence electrons. The van der Waals surface area contributed by atoms with E-state index in [0.717, 1.165) is 23.5 Å². The van der Waals surface area contributed by atoms with Crippen LogP contribution in [0.15, 0.2) is 24.5 Å². The number of H-pyrrole nitrogens is 1. The maximum atomic E-state index is 12.2. The summed E-state index contributed by atoms with van der Waals surface area (Å²) in [5, 5.41) is 3.11. The van der Waals surface area contributed by atoms with E-state index in [0.29, 0.717) is 11.0 Å². The van der Waals surface area contributed by atoms with Crippen LogP contribution >= 0.6 is 0 Å². The molecular weight excluding hydrogens is 238 g/mol. The Morgan fingerprint density at radius 1 is 1.42 bits per heavy atom. The van der Waals surface area contributed by atoms with E-state index in [2.05, 4.69) is 15.3 Å². The molecule has 2 fully saturated rings. The Bertz CT molecular complexity index is 638. The van der Waals surface area contributed by atoms with Crippen molar-refractivity contribution in [2.75, 3.05) is 6.54 Å². The summed E-state index contributed by atoms with van der Waals surface area (Å²) >= 11 is 0. The molecule has 0 bridgehead atoms. The summed E-state index contributed by atoms with van der Waals surface area (Å²) in [7, 11) is 0. The standard InChI is InChI=1S/C15H17N3O/c19-14(16-8-15(5-6-15)11-2-3-11)10-1-4-12-13(7-10)18-9-17-12/h1,4,7,9,11H,2-3,5-6,8H2,(H,16,19)(H,17,18). The summed E-state index contributed by atoms with van der Waals surface area (Å²) in [5.74, 6) is 0.909. The summed E-state index contributed by atoms with van der Waals surface area (Å²) in [6, 6.07) is 5.60. The quantitative estimate of drug-likeness (QED) is 0.881. The highest BCUT2D eigenvalue weighted by atomic mass is 16.1. The Labute approximate surface area is 111 Å². The van der Waals surface area contributed by atoms with Crippen LogP contribution in [0.25, 0.3) is 11.0 Å². The molecule has 1 aromatic carbocycles. The van der Waals surface area contributed by atoms with Crippen molar-refractivity contribution in [3.05, 3.63) is 30.1 Å². The molecule has 2 aliphatic carbocycles. The third-order valence-electron chi connectivity index (χ3n) is 4.62. The highest BCUT2D eigenvalue weighted by Gasteiger charge is 2.53. The van der Waals surface area contributed by atoms with Gasteiger partial charge < -0.3 is 10.3 Å². The number of aromatic amines is 1. The Morgan fingerprint density at radius 2 is 2.26 bits per heavy atom. The molecule has 1 aromatic heterocycles. The van der Waals surface area contributed by atoms with Crippen LogP contribution in [0.3, 0.4) is 0 Å². The molecule has 19 heavy (non-hydrogen) atoms. The lowest BCUT2D eigenvalue weighted by molar-refractivity contribution is 0.0942. The fraction of sp³-hybridized carbons (Fsp3) is 0.467. The molecule has 0 spiro atoms. The van der Waals surface area contributed by atoms with Crippen LogP contribution in [-0.4, -0.2) is 22.4 Å². The molecule has 2 N–H and O–H groups in total. The summed E-state index contributed by atoms with van der Waals surface area (Å²) in [5.41, 5.74) is 2.97. The largest absolute Gasteiger partial charge is 0.351 e. The zero-order chi connectivity index (χ0) is 12.9. The van der Waals surface area contributed by atoms with Gasteiger partial charge in [-0.15, -0.1) is 0 Å². The molecule has 0 atom stereocenters. The fourth-order valence-electron chi connectivity index (χ4n) is 3.02. The van der Waals surface area contributed by atoms with Crippen molar-refractivity contribution in [3.63, 3.8) is 0 Å². The van der Waals surface area contributed by atoms with E-state index in [1.807, 2.05) is 18.2 Å². The van der Waals surface area contributed by atoms with Gasteiger partial charge >= 0.3 is 0 Å². The van der Waals surface area contributed by atoms with Gasteiger partial charge in [0.05, 0.1) is 17.4 Å². The average Bonchev–Trinajstić information content (AvgIpc) is 3.32. The van der Waals surface area contributed by atoms with E-state index in [1.165, 1.54) is 25.7 Å². The normalized spacial score (nSPS) is 20.4. The number of benzene rings is 1. The highest BCUT2D eigenvalue weighted by Crippen LogP contribution is 2.60. The van der Waals surface area contributed by atoms with Gasteiger partial charge in [-0.1, -0.05) is 0 Å². The molecule has 0 saturated heterocycles. The molecule has 4 nitrogen and oxygen atoms in total. The highest BCUT2D eigenvalue weighted by molar-refractivity contribution is 5.97. The second-order valence-corrected chi connectivity index (χ2v) is 5.95. The lowest BCUT2D eigenvalue weighted by Gasteiger charge is -2.14. The molecule has 4 rings (SSSR count). The van der Waals surface area contributed by atoms with Gasteiger partial charge in [0.2, 0.25) is 0 Å². The number of fused-ring (bicyclic) bond motifs is 1. The lowest BCUT2D eigenvalue weighted by atomic mass is 10.0. The monoisotopic (exact) mass is 255 g/mol. The zero-order valence-corrected chi connectivity index (χ0v) is 10.8. The number of hydrogen-bond donors (Lipinski definition) is 2. The number of aromatic nitrogens is 2. The van der Waals surface area contributed by atoms with Crippen LogP contribution in [0.2, 0.25) is 0 Å². The van der Waals surface area contributed by atoms with Crippen LogP contribution in [0, 0.1) is 11.3 Å². The number of nitrogens with one attached hydrogen (secondary N) is 2. The molecular formula is C15H17N3O. The number of hydrogen-bond acceptors (Lipinski definition) is 2. The minimum absolute atomic E-state index is 0.0309. The summed E-state index contributed by atoms with van der Waals surface area (Å²) < 4.78 is 0. The van der Waals surface area contributed by atoms with E-state index >= 15 is 0 Å². The maximum Gasteiger partial charge on any atom is 0.251 e. The van der Waals surface area contributed by atoms with Gasteiger partial charge in [0, 0.05) is 12.1 Å². The first kappa shape index (κ1) is 11.0. The first-order valence-corrected chi connectivity index (χ1v) is 6.98. The third kappa shape index (κ3) is 1.91. The predicted molar refractivity (Wildman–Crippen MR) is 72.8 cm³/mol. The second-order valence-electron chi connectivity index (χ2n) is 5.95. The van der Waals surface area contributed by atoms with Gasteiger partial charge in [0.15, 0.2) is 0 Å². The molecule has 2 saturated carbocycles. The van der Waals surface area contributed by atoms with Crippen LogP contribution in [0.1, 0.15) is 36.0 Å². The second kappa shape index (κ2) is 3.83. The van der Waals surface area contributed by atoms with Crippen molar-refractivity contribution in [2.24, 2.45) is 11.3 Å². The van der Waals surface area contributed by atoms with Crippen molar-refractivity contribution in [2.45, 2.75) is 25.7 Å². The SMILES string of the molecule is O=C(NCC1(C2CC2)CC1)c1ccc2nc[nH]c2c1. The minimum Gasteiger partial charge on any atom is -0.351 e. The number of amides is 1. The van der Waals surface area contributed by atoms with E-state index < -0.39 is 0 Å². The van der Waals surface area contributed by atoms with E-state index in [-0.39, 0.29) is 5.91 Å². The van der Waals surface area contributed by atoms with Gasteiger partial charge in [-0.05, 0) is 55.2 Å². The Hall–Kier alpha value is -1.84. The van der Waals surface area contributed by atoms with Crippen molar-refractivity contribution in [1.29, 1.82) is 0 Å². The third-order valence-corrected chi connectivity index (χ3v) is 4.62. The van der Waals surface area contributed by atoms with E-state index in [1.54, 1.807) is 6.33 Å². The van der Waals surface area contributed by atoms with Crippen LogP contribution < -0.4 is 5.32 Å². The van der Waals surface area contributed by atoms with Gasteiger partial charge in [-0.3, -0.25) is 4.79 Å². The number of rotatable bonds is 4. The maximum absolute atomic E-state index is 12.2.